The first kappa shape index (κ1) is 11.1. The number of carbonyl (C=O) groups is 1. The van der Waals surface area contributed by atoms with E-state index in [4.69, 9.17) is 4.74 Å². The third-order valence-corrected chi connectivity index (χ3v) is 4.56. The maximum atomic E-state index is 11.1. The van der Waals surface area contributed by atoms with Gasteiger partial charge in [0.15, 0.2) is 0 Å². The van der Waals surface area contributed by atoms with Gasteiger partial charge in [-0.25, -0.2) is 0 Å². The molecule has 2 fully saturated rings. The zero-order valence-electron chi connectivity index (χ0n) is 10.3. The molecule has 2 aliphatic rings. The number of Topliss-reactive ketones (excluding diaryl/α,β-unsaturated/α-hetero) is 1. The molecule has 0 aromatic rings. The molecule has 0 radical (unpaired) electrons. The lowest BCUT2D eigenvalue weighted by atomic mass is 9.62. The fourth-order valence-electron chi connectivity index (χ4n) is 3.68. The Bertz CT molecular complexity index is 278. The smallest absolute Gasteiger partial charge is 0.129 e. The van der Waals surface area contributed by atoms with Crippen LogP contribution in [0.4, 0.5) is 0 Å². The molecular weight excluding hydrogens is 188 g/mol. The number of fused-ring (bicyclic) bond motifs is 2. The molecule has 2 saturated heterocycles. The monoisotopic (exact) mass is 210 g/mol. The van der Waals surface area contributed by atoms with Gasteiger partial charge in [0, 0.05) is 6.42 Å². The summed E-state index contributed by atoms with van der Waals surface area (Å²) in [5.74, 6) is 0.852. The van der Waals surface area contributed by atoms with Gasteiger partial charge in [0.25, 0.3) is 0 Å². The predicted octanol–water partition coefficient (Wildman–Crippen LogP) is 2.95. The highest BCUT2D eigenvalue weighted by Crippen LogP contribution is 2.58. The normalized spacial score (nSPS) is 42.1. The maximum absolute atomic E-state index is 11.1. The highest BCUT2D eigenvalue weighted by atomic mass is 16.5. The van der Waals surface area contributed by atoms with E-state index in [-0.39, 0.29) is 11.0 Å². The van der Waals surface area contributed by atoms with E-state index in [0.717, 1.165) is 6.42 Å². The Labute approximate surface area is 92.4 Å². The summed E-state index contributed by atoms with van der Waals surface area (Å²) < 4.78 is 6.11. The summed E-state index contributed by atoms with van der Waals surface area (Å²) in [6.07, 6.45) is 4.48. The van der Waals surface area contributed by atoms with Gasteiger partial charge >= 0.3 is 0 Å². The Morgan fingerprint density at radius 3 is 2.53 bits per heavy atom. The minimum atomic E-state index is 0.0453. The Hall–Kier alpha value is -0.370. The SMILES string of the molecule is CC(=O)CC[C@H]1C2(C)CC[C@@H](O2)C1(C)C. The number of hydrogen-bond donors (Lipinski definition) is 0. The fraction of sp³-hybridized carbons (Fsp3) is 0.923. The number of ketones is 1. The first-order chi connectivity index (χ1) is 6.86. The van der Waals surface area contributed by atoms with Crippen LogP contribution in [0.1, 0.15) is 53.4 Å². The molecule has 0 saturated carbocycles. The van der Waals surface area contributed by atoms with Gasteiger partial charge < -0.3 is 9.53 Å². The molecule has 0 N–H and O–H groups in total. The van der Waals surface area contributed by atoms with Gasteiger partial charge in [-0.1, -0.05) is 13.8 Å². The Morgan fingerprint density at radius 2 is 2.07 bits per heavy atom. The van der Waals surface area contributed by atoms with Gasteiger partial charge in [0.05, 0.1) is 11.7 Å². The van der Waals surface area contributed by atoms with E-state index in [0.29, 0.717) is 24.2 Å². The number of ether oxygens (including phenoxy) is 1. The molecule has 0 spiro atoms. The van der Waals surface area contributed by atoms with E-state index >= 15 is 0 Å². The van der Waals surface area contributed by atoms with Gasteiger partial charge in [0.1, 0.15) is 5.78 Å². The van der Waals surface area contributed by atoms with Crippen molar-refractivity contribution in [1.29, 1.82) is 0 Å². The minimum Gasteiger partial charge on any atom is -0.371 e. The van der Waals surface area contributed by atoms with Crippen LogP contribution < -0.4 is 0 Å². The largest absolute Gasteiger partial charge is 0.371 e. The Balaban J connectivity index is 2.12. The van der Waals surface area contributed by atoms with Crippen molar-refractivity contribution in [3.05, 3.63) is 0 Å². The van der Waals surface area contributed by atoms with E-state index in [2.05, 4.69) is 20.8 Å². The van der Waals surface area contributed by atoms with Crippen molar-refractivity contribution in [2.24, 2.45) is 11.3 Å². The average molecular weight is 210 g/mol. The van der Waals surface area contributed by atoms with Crippen molar-refractivity contribution >= 4 is 5.78 Å². The van der Waals surface area contributed by atoms with E-state index in [9.17, 15) is 4.79 Å². The zero-order valence-corrected chi connectivity index (χ0v) is 10.3. The van der Waals surface area contributed by atoms with E-state index in [1.165, 1.54) is 12.8 Å². The lowest BCUT2D eigenvalue weighted by Crippen LogP contribution is -2.40. The average Bonchev–Trinajstić information content (AvgIpc) is 2.54. The van der Waals surface area contributed by atoms with Crippen LogP contribution in [0.5, 0.6) is 0 Å². The lowest BCUT2D eigenvalue weighted by Gasteiger charge is -2.39. The molecule has 0 aliphatic carbocycles. The van der Waals surface area contributed by atoms with Crippen LogP contribution >= 0.6 is 0 Å². The standard InChI is InChI=1S/C13H22O2/c1-9(14)5-6-10-12(2,3)11-7-8-13(10,4)15-11/h10-11H,5-8H2,1-4H3/t10-,11-,13?/m1/s1. The van der Waals surface area contributed by atoms with Crippen molar-refractivity contribution in [2.75, 3.05) is 0 Å². The minimum absolute atomic E-state index is 0.0453. The van der Waals surface area contributed by atoms with Gasteiger partial charge in [0.2, 0.25) is 0 Å². The summed E-state index contributed by atoms with van der Waals surface area (Å²) in [4.78, 5) is 11.1. The zero-order chi connectivity index (χ0) is 11.3. The molecule has 2 heterocycles. The molecule has 0 amide bonds. The molecule has 2 bridgehead atoms. The summed E-state index contributed by atoms with van der Waals surface area (Å²) in [6.45, 7) is 8.51. The first-order valence-electron chi connectivity index (χ1n) is 6.03. The van der Waals surface area contributed by atoms with Gasteiger partial charge in [-0.3, -0.25) is 0 Å². The third-order valence-electron chi connectivity index (χ3n) is 4.56. The van der Waals surface area contributed by atoms with Crippen molar-refractivity contribution in [1.82, 2.24) is 0 Å². The fourth-order valence-corrected chi connectivity index (χ4v) is 3.68. The number of hydrogen-bond acceptors (Lipinski definition) is 2. The summed E-state index contributed by atoms with van der Waals surface area (Å²) in [7, 11) is 0. The molecule has 3 atom stereocenters. The second-order valence-corrected chi connectivity index (χ2v) is 6.07. The second kappa shape index (κ2) is 3.31. The van der Waals surface area contributed by atoms with Crippen LogP contribution in [0.25, 0.3) is 0 Å². The van der Waals surface area contributed by atoms with Crippen molar-refractivity contribution in [2.45, 2.75) is 65.1 Å². The lowest BCUT2D eigenvalue weighted by molar-refractivity contribution is -0.117. The van der Waals surface area contributed by atoms with Gasteiger partial charge in [-0.15, -0.1) is 0 Å². The summed E-state index contributed by atoms with van der Waals surface area (Å²) in [5.41, 5.74) is 0.298. The van der Waals surface area contributed by atoms with Crippen molar-refractivity contribution in [3.63, 3.8) is 0 Å². The van der Waals surface area contributed by atoms with Crippen LogP contribution in [0.15, 0.2) is 0 Å². The summed E-state index contributed by atoms with van der Waals surface area (Å²) in [6, 6.07) is 0. The second-order valence-electron chi connectivity index (χ2n) is 6.07. The third kappa shape index (κ3) is 1.63. The van der Waals surface area contributed by atoms with Gasteiger partial charge in [-0.05, 0) is 44.4 Å². The number of rotatable bonds is 3. The first-order valence-corrected chi connectivity index (χ1v) is 6.03. The van der Waals surface area contributed by atoms with Crippen molar-refractivity contribution < 1.29 is 9.53 Å². The van der Waals surface area contributed by atoms with Crippen LogP contribution in [-0.4, -0.2) is 17.5 Å². The number of carbonyl (C=O) groups excluding carboxylic acids is 1. The molecule has 15 heavy (non-hydrogen) atoms. The highest BCUT2D eigenvalue weighted by molar-refractivity contribution is 5.75. The molecule has 86 valence electrons. The maximum Gasteiger partial charge on any atom is 0.129 e. The van der Waals surface area contributed by atoms with E-state index in [1.54, 1.807) is 6.92 Å². The van der Waals surface area contributed by atoms with Crippen LogP contribution in [0.2, 0.25) is 0 Å². The van der Waals surface area contributed by atoms with E-state index in [1.807, 2.05) is 0 Å². The molecule has 0 aromatic carbocycles. The quantitative estimate of drug-likeness (QED) is 0.716. The predicted molar refractivity (Wildman–Crippen MR) is 59.7 cm³/mol. The highest BCUT2D eigenvalue weighted by Gasteiger charge is 2.60. The molecule has 2 heteroatoms. The van der Waals surface area contributed by atoms with Crippen LogP contribution in [-0.2, 0) is 9.53 Å². The van der Waals surface area contributed by atoms with Crippen LogP contribution in [0, 0.1) is 11.3 Å². The molecule has 1 unspecified atom stereocenters. The van der Waals surface area contributed by atoms with Gasteiger partial charge in [-0.2, -0.15) is 0 Å². The van der Waals surface area contributed by atoms with E-state index < -0.39 is 0 Å². The topological polar surface area (TPSA) is 26.3 Å². The molecule has 2 aliphatic heterocycles. The summed E-state index contributed by atoms with van der Waals surface area (Å²) >= 11 is 0. The Kier molecular flexibility index (Phi) is 2.45. The van der Waals surface area contributed by atoms with Crippen LogP contribution in [0.3, 0.4) is 0 Å². The van der Waals surface area contributed by atoms with Crippen molar-refractivity contribution in [3.8, 4) is 0 Å². The molecular formula is C13H22O2. The molecule has 2 nitrogen and oxygen atoms in total. The Morgan fingerprint density at radius 1 is 1.40 bits per heavy atom. The molecule has 0 aromatic heterocycles. The summed E-state index contributed by atoms with van der Waals surface area (Å²) in [5, 5.41) is 0. The molecule has 2 rings (SSSR count).